The number of hydrogen-bond acceptors (Lipinski definition) is 2. The molecule has 0 spiro atoms. The Morgan fingerprint density at radius 3 is 2.57 bits per heavy atom. The van der Waals surface area contributed by atoms with Crippen molar-refractivity contribution < 1.29 is 4.79 Å². The van der Waals surface area contributed by atoms with E-state index in [-0.39, 0.29) is 5.91 Å². The molecule has 1 aromatic rings. The first-order valence-corrected chi connectivity index (χ1v) is 5.43. The molecule has 0 saturated heterocycles. The average Bonchev–Trinajstić information content (AvgIpc) is 2.20. The standard InChI is InChI=1S/C10H13IN2O/c1-13-10(14)9(12)6-7-2-4-8(11)5-3-7/h2-5,9H,6,12H2,1H3,(H,13,14)/t9-/m0/s1. The third kappa shape index (κ3) is 3.26. The normalized spacial score (nSPS) is 12.2. The van der Waals surface area contributed by atoms with Gasteiger partial charge in [0.25, 0.3) is 0 Å². The third-order valence-corrected chi connectivity index (χ3v) is 2.67. The fraction of sp³-hybridized carbons (Fsp3) is 0.300. The van der Waals surface area contributed by atoms with E-state index in [1.807, 2.05) is 24.3 Å². The Kier molecular flexibility index (Phi) is 4.34. The maximum Gasteiger partial charge on any atom is 0.237 e. The largest absolute Gasteiger partial charge is 0.358 e. The Morgan fingerprint density at radius 1 is 1.50 bits per heavy atom. The van der Waals surface area contributed by atoms with Gasteiger partial charge in [-0.05, 0) is 46.7 Å². The van der Waals surface area contributed by atoms with E-state index in [1.54, 1.807) is 7.05 Å². The molecule has 1 aromatic carbocycles. The topological polar surface area (TPSA) is 55.1 Å². The summed E-state index contributed by atoms with van der Waals surface area (Å²) in [7, 11) is 1.59. The van der Waals surface area contributed by atoms with E-state index in [0.717, 1.165) is 5.56 Å². The van der Waals surface area contributed by atoms with Gasteiger partial charge in [-0.2, -0.15) is 0 Å². The summed E-state index contributed by atoms with van der Waals surface area (Å²) in [5, 5.41) is 2.53. The van der Waals surface area contributed by atoms with Crippen LogP contribution in [0.5, 0.6) is 0 Å². The smallest absolute Gasteiger partial charge is 0.237 e. The first-order valence-electron chi connectivity index (χ1n) is 4.35. The van der Waals surface area contributed by atoms with Crippen molar-refractivity contribution in [2.75, 3.05) is 7.05 Å². The zero-order chi connectivity index (χ0) is 10.6. The highest BCUT2D eigenvalue weighted by Crippen LogP contribution is 2.08. The van der Waals surface area contributed by atoms with Gasteiger partial charge in [-0.15, -0.1) is 0 Å². The maximum atomic E-state index is 11.1. The molecule has 3 N–H and O–H groups in total. The first-order chi connectivity index (χ1) is 6.63. The predicted molar refractivity (Wildman–Crippen MR) is 64.9 cm³/mol. The Hall–Kier alpha value is -0.620. The van der Waals surface area contributed by atoms with Gasteiger partial charge in [0.05, 0.1) is 6.04 Å². The molecule has 4 heteroatoms. The Labute approximate surface area is 97.2 Å². The van der Waals surface area contributed by atoms with Crippen molar-refractivity contribution in [2.24, 2.45) is 5.73 Å². The van der Waals surface area contributed by atoms with Crippen LogP contribution in [0.3, 0.4) is 0 Å². The minimum absolute atomic E-state index is 0.122. The van der Waals surface area contributed by atoms with Crippen molar-refractivity contribution in [3.05, 3.63) is 33.4 Å². The van der Waals surface area contributed by atoms with Gasteiger partial charge in [-0.1, -0.05) is 12.1 Å². The summed E-state index contributed by atoms with van der Waals surface area (Å²) in [6.45, 7) is 0. The Morgan fingerprint density at radius 2 is 2.07 bits per heavy atom. The van der Waals surface area contributed by atoms with E-state index in [4.69, 9.17) is 5.73 Å². The average molecular weight is 304 g/mol. The first kappa shape index (κ1) is 11.5. The molecule has 1 atom stereocenters. The van der Waals surface area contributed by atoms with Crippen LogP contribution in [0.1, 0.15) is 5.56 Å². The SMILES string of the molecule is CNC(=O)[C@@H](N)Cc1ccc(I)cc1. The Bertz CT molecular complexity index is 310. The van der Waals surface area contributed by atoms with Crippen LogP contribution in [0.25, 0.3) is 0 Å². The van der Waals surface area contributed by atoms with Crippen LogP contribution in [0.4, 0.5) is 0 Å². The zero-order valence-corrected chi connectivity index (χ0v) is 10.1. The number of halogens is 1. The van der Waals surface area contributed by atoms with E-state index < -0.39 is 6.04 Å². The fourth-order valence-corrected chi connectivity index (χ4v) is 1.51. The highest BCUT2D eigenvalue weighted by atomic mass is 127. The number of hydrogen-bond donors (Lipinski definition) is 2. The van der Waals surface area contributed by atoms with Crippen molar-refractivity contribution in [3.8, 4) is 0 Å². The molecule has 0 aromatic heterocycles. The molecular formula is C10H13IN2O. The molecule has 0 radical (unpaired) electrons. The third-order valence-electron chi connectivity index (χ3n) is 1.95. The lowest BCUT2D eigenvalue weighted by atomic mass is 10.1. The van der Waals surface area contributed by atoms with E-state index >= 15 is 0 Å². The monoisotopic (exact) mass is 304 g/mol. The zero-order valence-electron chi connectivity index (χ0n) is 7.96. The van der Waals surface area contributed by atoms with E-state index in [2.05, 4.69) is 27.9 Å². The summed E-state index contributed by atoms with van der Waals surface area (Å²) in [4.78, 5) is 11.1. The molecule has 76 valence electrons. The molecule has 1 rings (SSSR count). The molecule has 0 heterocycles. The summed E-state index contributed by atoms with van der Waals surface area (Å²) < 4.78 is 1.18. The van der Waals surface area contributed by atoms with E-state index in [1.165, 1.54) is 3.57 Å². The van der Waals surface area contributed by atoms with E-state index in [0.29, 0.717) is 6.42 Å². The summed E-state index contributed by atoms with van der Waals surface area (Å²) in [6, 6.07) is 7.54. The minimum atomic E-state index is -0.458. The Balaban J connectivity index is 2.60. The number of rotatable bonds is 3. The number of amides is 1. The summed E-state index contributed by atoms with van der Waals surface area (Å²) in [5.74, 6) is -0.122. The number of carbonyl (C=O) groups is 1. The number of carbonyl (C=O) groups excluding carboxylic acids is 1. The summed E-state index contributed by atoms with van der Waals surface area (Å²) in [5.41, 5.74) is 6.77. The predicted octanol–water partition coefficient (Wildman–Crippen LogP) is 0.907. The molecule has 1 amide bonds. The number of benzene rings is 1. The van der Waals surface area contributed by atoms with Crippen molar-refractivity contribution in [1.29, 1.82) is 0 Å². The molecule has 0 bridgehead atoms. The number of nitrogens with one attached hydrogen (secondary N) is 1. The maximum absolute atomic E-state index is 11.1. The van der Waals surface area contributed by atoms with Crippen LogP contribution < -0.4 is 11.1 Å². The number of nitrogens with two attached hydrogens (primary N) is 1. The van der Waals surface area contributed by atoms with E-state index in [9.17, 15) is 4.79 Å². The molecule has 0 aliphatic heterocycles. The molecule has 0 saturated carbocycles. The molecule has 14 heavy (non-hydrogen) atoms. The summed E-state index contributed by atoms with van der Waals surface area (Å²) >= 11 is 2.24. The lowest BCUT2D eigenvalue weighted by Gasteiger charge is -2.09. The van der Waals surface area contributed by atoms with Gasteiger partial charge in [0, 0.05) is 10.6 Å². The van der Waals surface area contributed by atoms with Gasteiger partial charge in [0.15, 0.2) is 0 Å². The molecular weight excluding hydrogens is 291 g/mol. The second-order valence-electron chi connectivity index (χ2n) is 3.05. The van der Waals surface area contributed by atoms with Crippen LogP contribution in [0, 0.1) is 3.57 Å². The van der Waals surface area contributed by atoms with Gasteiger partial charge < -0.3 is 11.1 Å². The quantitative estimate of drug-likeness (QED) is 0.816. The van der Waals surface area contributed by atoms with Crippen molar-refractivity contribution in [1.82, 2.24) is 5.32 Å². The van der Waals surface area contributed by atoms with Crippen LogP contribution >= 0.6 is 22.6 Å². The molecule has 0 aliphatic rings. The minimum Gasteiger partial charge on any atom is -0.358 e. The molecule has 3 nitrogen and oxygen atoms in total. The van der Waals surface area contributed by atoms with Gasteiger partial charge in [0.1, 0.15) is 0 Å². The lowest BCUT2D eigenvalue weighted by Crippen LogP contribution is -2.40. The van der Waals surface area contributed by atoms with Crippen molar-refractivity contribution >= 4 is 28.5 Å². The van der Waals surface area contributed by atoms with Crippen LogP contribution in [0.2, 0.25) is 0 Å². The van der Waals surface area contributed by atoms with Crippen molar-refractivity contribution in [3.63, 3.8) is 0 Å². The van der Waals surface area contributed by atoms with Crippen LogP contribution in [0.15, 0.2) is 24.3 Å². The van der Waals surface area contributed by atoms with Crippen LogP contribution in [-0.4, -0.2) is 19.0 Å². The van der Waals surface area contributed by atoms with Gasteiger partial charge in [0.2, 0.25) is 5.91 Å². The van der Waals surface area contributed by atoms with Gasteiger partial charge in [-0.3, -0.25) is 4.79 Å². The lowest BCUT2D eigenvalue weighted by molar-refractivity contribution is -0.121. The van der Waals surface area contributed by atoms with Gasteiger partial charge in [-0.25, -0.2) is 0 Å². The summed E-state index contributed by atoms with van der Waals surface area (Å²) in [6.07, 6.45) is 0.580. The second-order valence-corrected chi connectivity index (χ2v) is 4.30. The number of likely N-dealkylation sites (N-methyl/N-ethyl adjacent to an activating group) is 1. The second kappa shape index (κ2) is 5.31. The molecule has 0 aliphatic carbocycles. The molecule has 0 fully saturated rings. The highest BCUT2D eigenvalue weighted by Gasteiger charge is 2.11. The fourth-order valence-electron chi connectivity index (χ4n) is 1.15. The van der Waals surface area contributed by atoms with Gasteiger partial charge >= 0.3 is 0 Å². The van der Waals surface area contributed by atoms with Crippen LogP contribution in [-0.2, 0) is 11.2 Å². The highest BCUT2D eigenvalue weighted by molar-refractivity contribution is 14.1. The molecule has 0 unspecified atom stereocenters. The van der Waals surface area contributed by atoms with Crippen molar-refractivity contribution in [2.45, 2.75) is 12.5 Å².